The fourth-order valence-corrected chi connectivity index (χ4v) is 6.03. The maximum absolute atomic E-state index is 13.2. The highest BCUT2D eigenvalue weighted by molar-refractivity contribution is 5.87. The fourth-order valence-electron chi connectivity index (χ4n) is 6.03. The van der Waals surface area contributed by atoms with E-state index in [1.165, 1.54) is 5.56 Å². The minimum Gasteiger partial charge on any atom is -0.460 e. The van der Waals surface area contributed by atoms with Crippen LogP contribution in [0.5, 0.6) is 0 Å². The molecule has 0 unspecified atom stereocenters. The average molecular weight is 921 g/mol. The summed E-state index contributed by atoms with van der Waals surface area (Å²) in [4.78, 5) is 76.7. The maximum atomic E-state index is 13.2. The highest BCUT2D eigenvalue weighted by Crippen LogP contribution is 2.16. The number of carbonyl (C=O) groups excluding carboxylic acids is 6. The number of hydrogen-bond acceptors (Lipinski definition) is 12. The van der Waals surface area contributed by atoms with Gasteiger partial charge >= 0.3 is 23.9 Å². The van der Waals surface area contributed by atoms with Crippen molar-refractivity contribution >= 4 is 35.8 Å². The number of aryl methyl sites for hydroxylation is 1. The summed E-state index contributed by atoms with van der Waals surface area (Å²) in [7, 11) is 0. The molecular formula is C49H84N4O12. The van der Waals surface area contributed by atoms with Gasteiger partial charge in [-0.1, -0.05) is 44.5 Å². The van der Waals surface area contributed by atoms with Gasteiger partial charge in [-0.3, -0.25) is 14.4 Å². The SMILES string of the molecule is CC(C)CCOCCOCCOCCNC(=O)CCCCCc1ccc(CC(=O)NCCCC[C@H](NC(=O)N[C@@H](CCC(=O)OC(C)(C)C)C(=O)OC(C)(C)C)C(=O)OC(C)(C)C)cc1. The van der Waals surface area contributed by atoms with E-state index >= 15 is 0 Å². The van der Waals surface area contributed by atoms with E-state index in [0.29, 0.717) is 71.3 Å². The van der Waals surface area contributed by atoms with Crippen LogP contribution in [0.2, 0.25) is 0 Å². The molecule has 0 fully saturated rings. The van der Waals surface area contributed by atoms with Crippen molar-refractivity contribution in [2.45, 2.75) is 182 Å². The van der Waals surface area contributed by atoms with Crippen LogP contribution in [0, 0.1) is 5.92 Å². The summed E-state index contributed by atoms with van der Waals surface area (Å²) in [6.07, 6.45) is 6.31. The number of esters is 3. The number of carbonyl (C=O) groups is 6. The smallest absolute Gasteiger partial charge is 0.329 e. The van der Waals surface area contributed by atoms with Crippen LogP contribution in [-0.2, 0) is 65.2 Å². The molecule has 16 nitrogen and oxygen atoms in total. The van der Waals surface area contributed by atoms with Gasteiger partial charge < -0.3 is 49.7 Å². The Bertz CT molecular complexity index is 1550. The fraction of sp³-hybridized carbons (Fsp3) is 0.755. The minimum absolute atomic E-state index is 0.0228. The number of urea groups is 1. The van der Waals surface area contributed by atoms with Gasteiger partial charge in [-0.15, -0.1) is 0 Å². The normalized spacial score (nSPS) is 12.8. The second-order valence-corrected chi connectivity index (χ2v) is 19.7. The highest BCUT2D eigenvalue weighted by Gasteiger charge is 2.31. The Labute approximate surface area is 389 Å². The Balaban J connectivity index is 2.43. The first-order valence-corrected chi connectivity index (χ1v) is 23.5. The summed E-state index contributed by atoms with van der Waals surface area (Å²) in [5, 5.41) is 11.0. The van der Waals surface area contributed by atoms with Crippen LogP contribution in [0.4, 0.5) is 4.79 Å². The molecule has 0 aliphatic heterocycles. The van der Waals surface area contributed by atoms with E-state index in [9.17, 15) is 28.8 Å². The van der Waals surface area contributed by atoms with Gasteiger partial charge in [0.15, 0.2) is 0 Å². The summed E-state index contributed by atoms with van der Waals surface area (Å²) < 4.78 is 32.9. The molecule has 2 atom stereocenters. The lowest BCUT2D eigenvalue weighted by Gasteiger charge is -2.27. The number of hydrogen-bond donors (Lipinski definition) is 4. The molecule has 0 aromatic heterocycles. The van der Waals surface area contributed by atoms with Crippen LogP contribution >= 0.6 is 0 Å². The topological polar surface area (TPSA) is 206 Å². The molecule has 0 heterocycles. The van der Waals surface area contributed by atoms with Gasteiger partial charge in [-0.2, -0.15) is 0 Å². The number of benzene rings is 1. The van der Waals surface area contributed by atoms with E-state index in [-0.39, 0.29) is 37.5 Å². The zero-order valence-corrected chi connectivity index (χ0v) is 41.6. The van der Waals surface area contributed by atoms with Crippen LogP contribution in [0.25, 0.3) is 0 Å². The molecular weight excluding hydrogens is 837 g/mol. The van der Waals surface area contributed by atoms with Crippen molar-refractivity contribution in [3.8, 4) is 0 Å². The summed E-state index contributed by atoms with van der Waals surface area (Å²) in [6, 6.07) is 4.92. The zero-order chi connectivity index (χ0) is 48.9. The molecule has 4 N–H and O–H groups in total. The van der Waals surface area contributed by atoms with Gasteiger partial charge in [0.25, 0.3) is 0 Å². The largest absolute Gasteiger partial charge is 0.460 e. The van der Waals surface area contributed by atoms with Crippen LogP contribution < -0.4 is 21.3 Å². The first-order chi connectivity index (χ1) is 30.4. The molecule has 0 saturated carbocycles. The summed E-state index contributed by atoms with van der Waals surface area (Å²) in [5.41, 5.74) is -0.329. The van der Waals surface area contributed by atoms with E-state index in [0.717, 1.165) is 44.3 Å². The Morgan fingerprint density at radius 3 is 1.57 bits per heavy atom. The van der Waals surface area contributed by atoms with Gasteiger partial charge in [0, 0.05) is 32.5 Å². The predicted octanol–water partition coefficient (Wildman–Crippen LogP) is 6.67. The van der Waals surface area contributed by atoms with Gasteiger partial charge in [0.1, 0.15) is 28.9 Å². The third-order valence-corrected chi connectivity index (χ3v) is 9.20. The van der Waals surface area contributed by atoms with Crippen LogP contribution in [0.3, 0.4) is 0 Å². The van der Waals surface area contributed by atoms with Crippen LogP contribution in [0.15, 0.2) is 24.3 Å². The number of rotatable bonds is 32. The lowest BCUT2D eigenvalue weighted by Crippen LogP contribution is -2.53. The molecule has 0 saturated heterocycles. The van der Waals surface area contributed by atoms with Gasteiger partial charge in [0.2, 0.25) is 11.8 Å². The lowest BCUT2D eigenvalue weighted by molar-refractivity contribution is -0.159. The first kappa shape index (κ1) is 58.7. The lowest BCUT2D eigenvalue weighted by atomic mass is 10.0. The Hall–Kier alpha value is -4.28. The first-order valence-electron chi connectivity index (χ1n) is 23.5. The number of unbranched alkanes of at least 4 members (excludes halogenated alkanes) is 3. The quantitative estimate of drug-likeness (QED) is 0.0340. The molecule has 16 heteroatoms. The Morgan fingerprint density at radius 1 is 0.508 bits per heavy atom. The monoisotopic (exact) mass is 921 g/mol. The Kier molecular flexibility index (Phi) is 28.6. The number of ether oxygens (including phenoxy) is 6. The molecule has 0 spiro atoms. The molecule has 0 radical (unpaired) electrons. The second kappa shape index (κ2) is 31.6. The minimum atomic E-state index is -1.19. The van der Waals surface area contributed by atoms with Crippen molar-refractivity contribution < 1.29 is 57.2 Å². The molecule has 372 valence electrons. The second-order valence-electron chi connectivity index (χ2n) is 19.7. The molecule has 4 amide bonds. The van der Waals surface area contributed by atoms with E-state index < -0.39 is 52.8 Å². The van der Waals surface area contributed by atoms with Gasteiger partial charge in [0.05, 0.1) is 39.5 Å². The van der Waals surface area contributed by atoms with Crippen molar-refractivity contribution in [1.29, 1.82) is 0 Å². The maximum Gasteiger partial charge on any atom is 0.329 e. The molecule has 1 aromatic carbocycles. The number of amides is 4. The highest BCUT2D eigenvalue weighted by atomic mass is 16.6. The van der Waals surface area contributed by atoms with Gasteiger partial charge in [-0.25, -0.2) is 14.4 Å². The van der Waals surface area contributed by atoms with E-state index in [4.69, 9.17) is 28.4 Å². The van der Waals surface area contributed by atoms with Crippen molar-refractivity contribution in [1.82, 2.24) is 21.3 Å². The van der Waals surface area contributed by atoms with Crippen LogP contribution in [0.1, 0.15) is 151 Å². The standard InChI is InChI=1S/C49H84N4O12/c1-36(2)26-29-60-31-33-62-34-32-61-30-28-51-41(54)19-14-12-13-17-37-20-22-38(23-21-37)35-42(55)50-27-16-15-18-39(44(57)64-48(6,7)8)52-46(59)53-40(45(58)65-49(9,10)11)24-25-43(56)63-47(3,4)5/h20-23,36,39-40H,12-19,24-35H2,1-11H3,(H,50,55)(H,51,54)(H2,52,53,59)/t39-,40-/m0/s1. The summed E-state index contributed by atoms with van der Waals surface area (Å²) in [6.45, 7) is 23.9. The molecule has 1 rings (SSSR count). The molecule has 0 aliphatic rings. The van der Waals surface area contributed by atoms with E-state index in [2.05, 4.69) is 35.1 Å². The summed E-state index contributed by atoms with van der Waals surface area (Å²) in [5.74, 6) is -1.38. The third-order valence-electron chi connectivity index (χ3n) is 9.20. The molecule has 0 aliphatic carbocycles. The third kappa shape index (κ3) is 33.8. The van der Waals surface area contributed by atoms with Crippen molar-refractivity contribution in [2.75, 3.05) is 52.7 Å². The number of nitrogens with one attached hydrogen (secondary N) is 4. The molecule has 1 aromatic rings. The van der Waals surface area contributed by atoms with Crippen LogP contribution in [-0.4, -0.2) is 117 Å². The van der Waals surface area contributed by atoms with E-state index in [1.807, 2.05) is 24.3 Å². The van der Waals surface area contributed by atoms with Crippen molar-refractivity contribution in [3.05, 3.63) is 35.4 Å². The molecule has 65 heavy (non-hydrogen) atoms. The zero-order valence-electron chi connectivity index (χ0n) is 41.6. The average Bonchev–Trinajstić information content (AvgIpc) is 3.17. The van der Waals surface area contributed by atoms with Crippen molar-refractivity contribution in [2.24, 2.45) is 5.92 Å². The Morgan fingerprint density at radius 2 is 1.02 bits per heavy atom. The molecule has 0 bridgehead atoms. The van der Waals surface area contributed by atoms with Crippen molar-refractivity contribution in [3.63, 3.8) is 0 Å². The summed E-state index contributed by atoms with van der Waals surface area (Å²) >= 11 is 0. The van der Waals surface area contributed by atoms with Gasteiger partial charge in [-0.05, 0) is 131 Å². The van der Waals surface area contributed by atoms with E-state index in [1.54, 1.807) is 62.3 Å². The predicted molar refractivity (Wildman–Crippen MR) is 250 cm³/mol.